The number of carbonyl (C=O) groups is 4. The number of hydrogen-bond donors (Lipinski definition) is 3. The third kappa shape index (κ3) is 5.68. The normalized spacial score (nSPS) is 19.3. The second-order valence-electron chi connectivity index (χ2n) is 6.73. The maximum atomic E-state index is 12.7. The van der Waals surface area contributed by atoms with Crippen LogP contribution in [-0.4, -0.2) is 35.6 Å². The summed E-state index contributed by atoms with van der Waals surface area (Å²) in [6, 6.07) is 7.52. The van der Waals surface area contributed by atoms with Gasteiger partial charge >= 0.3 is 0 Å². The molecule has 0 aliphatic heterocycles. The zero-order valence-corrected chi connectivity index (χ0v) is 14.9. The van der Waals surface area contributed by atoms with Crippen LogP contribution in [0.4, 0.5) is 0 Å². The van der Waals surface area contributed by atoms with Crippen molar-refractivity contribution in [1.82, 2.24) is 10.6 Å². The number of amides is 3. The van der Waals surface area contributed by atoms with Crippen LogP contribution in [0, 0.1) is 5.92 Å². The van der Waals surface area contributed by atoms with Gasteiger partial charge in [-0.15, -0.1) is 0 Å². The first-order chi connectivity index (χ1) is 12.4. The third-order valence-electron chi connectivity index (χ3n) is 4.57. The molecule has 26 heavy (non-hydrogen) atoms. The molecule has 1 aromatic carbocycles. The predicted octanol–water partition coefficient (Wildman–Crippen LogP) is 0.463. The highest BCUT2D eigenvalue weighted by Crippen LogP contribution is 2.24. The van der Waals surface area contributed by atoms with Crippen molar-refractivity contribution in [2.75, 3.05) is 0 Å². The van der Waals surface area contributed by atoms with Crippen LogP contribution in [0.2, 0.25) is 0 Å². The highest BCUT2D eigenvalue weighted by atomic mass is 16.2. The molecule has 0 bridgehead atoms. The van der Waals surface area contributed by atoms with E-state index in [1.807, 2.05) is 30.3 Å². The number of benzene rings is 1. The number of ketones is 1. The monoisotopic (exact) mass is 359 g/mol. The van der Waals surface area contributed by atoms with E-state index < -0.39 is 23.9 Å². The van der Waals surface area contributed by atoms with Crippen LogP contribution in [-0.2, 0) is 25.6 Å². The molecule has 4 N–H and O–H groups in total. The smallest absolute Gasteiger partial charge is 0.243 e. The molecule has 0 aromatic heterocycles. The number of nitrogens with two attached hydrogens (primary N) is 1. The Hall–Kier alpha value is -2.70. The van der Waals surface area contributed by atoms with E-state index in [0.717, 1.165) is 5.56 Å². The van der Waals surface area contributed by atoms with E-state index in [4.69, 9.17) is 5.73 Å². The molecule has 1 aliphatic rings. The summed E-state index contributed by atoms with van der Waals surface area (Å²) in [5, 5.41) is 5.27. The van der Waals surface area contributed by atoms with Crippen molar-refractivity contribution in [3.05, 3.63) is 35.9 Å². The van der Waals surface area contributed by atoms with Gasteiger partial charge in [-0.05, 0) is 24.3 Å². The predicted molar refractivity (Wildman–Crippen MR) is 95.8 cm³/mol. The second-order valence-corrected chi connectivity index (χ2v) is 6.73. The third-order valence-corrected chi connectivity index (χ3v) is 4.57. The van der Waals surface area contributed by atoms with Gasteiger partial charge in [-0.25, -0.2) is 0 Å². The molecular weight excluding hydrogens is 334 g/mol. The van der Waals surface area contributed by atoms with Gasteiger partial charge in [0.05, 0.1) is 0 Å². The van der Waals surface area contributed by atoms with Gasteiger partial charge in [0.1, 0.15) is 17.9 Å². The Bertz CT molecular complexity index is 675. The van der Waals surface area contributed by atoms with E-state index in [-0.39, 0.29) is 24.0 Å². The Balaban J connectivity index is 2.10. The lowest BCUT2D eigenvalue weighted by molar-refractivity contribution is -0.132. The average molecular weight is 359 g/mol. The molecule has 0 radical (unpaired) electrons. The summed E-state index contributed by atoms with van der Waals surface area (Å²) >= 11 is 0. The van der Waals surface area contributed by atoms with Gasteiger partial charge in [0.25, 0.3) is 0 Å². The maximum Gasteiger partial charge on any atom is 0.243 e. The summed E-state index contributed by atoms with van der Waals surface area (Å²) in [7, 11) is 0. The Labute approximate surface area is 152 Å². The minimum atomic E-state index is -0.918. The topological polar surface area (TPSA) is 118 Å². The van der Waals surface area contributed by atoms with Crippen molar-refractivity contribution in [2.24, 2.45) is 11.7 Å². The Kier molecular flexibility index (Phi) is 6.89. The molecule has 3 atom stereocenters. The standard InChI is InChI=1S/C19H25N3O4/c1-12(23)21-16(10-13-6-3-2-4-7-13)19(26)22-17(18(20)25)14-8-5-9-15(24)11-14/h2-4,6-7,14,16-17H,5,8-11H2,1H3,(H2,20,25)(H,21,23)(H,22,26)/t14-,16-,17-/m1/s1. The van der Waals surface area contributed by atoms with Crippen molar-refractivity contribution in [3.8, 4) is 0 Å². The van der Waals surface area contributed by atoms with Gasteiger partial charge in [-0.2, -0.15) is 0 Å². The lowest BCUT2D eigenvalue weighted by atomic mass is 9.82. The summed E-state index contributed by atoms with van der Waals surface area (Å²) in [6.07, 6.45) is 2.36. The number of rotatable bonds is 7. The zero-order valence-electron chi connectivity index (χ0n) is 14.9. The fourth-order valence-electron chi connectivity index (χ4n) is 3.32. The summed E-state index contributed by atoms with van der Waals surface area (Å²) in [5.41, 5.74) is 6.34. The first kappa shape index (κ1) is 19.6. The van der Waals surface area contributed by atoms with E-state index in [1.165, 1.54) is 6.92 Å². The minimum Gasteiger partial charge on any atom is -0.368 e. The molecule has 0 saturated heterocycles. The summed E-state index contributed by atoms with van der Waals surface area (Å²) in [5.74, 6) is -1.72. The summed E-state index contributed by atoms with van der Waals surface area (Å²) in [4.78, 5) is 47.7. The molecule has 1 fully saturated rings. The van der Waals surface area contributed by atoms with E-state index in [2.05, 4.69) is 10.6 Å². The van der Waals surface area contributed by atoms with Crippen LogP contribution in [0.15, 0.2) is 30.3 Å². The zero-order chi connectivity index (χ0) is 19.1. The van der Waals surface area contributed by atoms with E-state index in [9.17, 15) is 19.2 Å². The Morgan fingerprint density at radius 1 is 1.19 bits per heavy atom. The summed E-state index contributed by atoms with van der Waals surface area (Å²) < 4.78 is 0. The largest absolute Gasteiger partial charge is 0.368 e. The molecule has 7 nitrogen and oxygen atoms in total. The molecule has 1 aliphatic carbocycles. The number of hydrogen-bond acceptors (Lipinski definition) is 4. The van der Waals surface area contributed by atoms with Gasteiger partial charge in [0.15, 0.2) is 0 Å². The molecule has 1 saturated carbocycles. The van der Waals surface area contributed by atoms with Crippen LogP contribution in [0.1, 0.15) is 38.2 Å². The fraction of sp³-hybridized carbons (Fsp3) is 0.474. The first-order valence-electron chi connectivity index (χ1n) is 8.79. The van der Waals surface area contributed by atoms with E-state index >= 15 is 0 Å². The lowest BCUT2D eigenvalue weighted by Gasteiger charge is -2.29. The Morgan fingerprint density at radius 2 is 1.88 bits per heavy atom. The molecule has 1 aromatic rings. The first-order valence-corrected chi connectivity index (χ1v) is 8.79. The Morgan fingerprint density at radius 3 is 2.46 bits per heavy atom. The number of Topliss-reactive ketones (excluding diaryl/α,β-unsaturated/α-hetero) is 1. The van der Waals surface area contributed by atoms with Crippen molar-refractivity contribution < 1.29 is 19.2 Å². The van der Waals surface area contributed by atoms with E-state index in [1.54, 1.807) is 0 Å². The van der Waals surface area contributed by atoms with Gasteiger partial charge in [0, 0.05) is 26.2 Å². The quantitative estimate of drug-likeness (QED) is 0.655. The van der Waals surface area contributed by atoms with Crippen LogP contribution in [0.25, 0.3) is 0 Å². The van der Waals surface area contributed by atoms with Gasteiger partial charge in [0.2, 0.25) is 17.7 Å². The fourth-order valence-corrected chi connectivity index (χ4v) is 3.32. The van der Waals surface area contributed by atoms with Crippen LogP contribution >= 0.6 is 0 Å². The molecule has 0 spiro atoms. The van der Waals surface area contributed by atoms with Crippen molar-refractivity contribution in [1.29, 1.82) is 0 Å². The number of carbonyl (C=O) groups excluding carboxylic acids is 4. The molecule has 140 valence electrons. The van der Waals surface area contributed by atoms with Crippen LogP contribution in [0.5, 0.6) is 0 Å². The second kappa shape index (κ2) is 9.12. The molecule has 0 unspecified atom stereocenters. The highest BCUT2D eigenvalue weighted by molar-refractivity contribution is 5.92. The van der Waals surface area contributed by atoms with E-state index in [0.29, 0.717) is 25.7 Å². The van der Waals surface area contributed by atoms with Crippen LogP contribution < -0.4 is 16.4 Å². The number of primary amides is 1. The van der Waals surface area contributed by atoms with Crippen LogP contribution in [0.3, 0.4) is 0 Å². The van der Waals surface area contributed by atoms with Gasteiger partial charge < -0.3 is 16.4 Å². The minimum absolute atomic E-state index is 0.0736. The average Bonchev–Trinajstić information content (AvgIpc) is 2.59. The number of nitrogens with one attached hydrogen (secondary N) is 2. The van der Waals surface area contributed by atoms with Crippen molar-refractivity contribution >= 4 is 23.5 Å². The van der Waals surface area contributed by atoms with Gasteiger partial charge in [-0.3, -0.25) is 19.2 Å². The molecular formula is C19H25N3O4. The van der Waals surface area contributed by atoms with Crippen molar-refractivity contribution in [2.45, 2.75) is 51.1 Å². The van der Waals surface area contributed by atoms with Gasteiger partial charge in [-0.1, -0.05) is 30.3 Å². The molecule has 0 heterocycles. The molecule has 2 rings (SSSR count). The molecule has 7 heteroatoms. The SMILES string of the molecule is CC(=O)N[C@H](Cc1ccccc1)C(=O)N[C@@H](C(N)=O)[C@@H]1CCCC(=O)C1. The highest BCUT2D eigenvalue weighted by Gasteiger charge is 2.33. The summed E-state index contributed by atoms with van der Waals surface area (Å²) in [6.45, 7) is 1.33. The molecule has 3 amide bonds. The lowest BCUT2D eigenvalue weighted by Crippen LogP contribution is -2.56. The maximum absolute atomic E-state index is 12.7. The van der Waals surface area contributed by atoms with Crippen molar-refractivity contribution in [3.63, 3.8) is 0 Å².